The van der Waals surface area contributed by atoms with Crippen LogP contribution in [0.2, 0.25) is 0 Å². The Morgan fingerprint density at radius 2 is 2.10 bits per heavy atom. The summed E-state index contributed by atoms with van der Waals surface area (Å²) in [4.78, 5) is 17.0. The zero-order chi connectivity index (χ0) is 15.1. The number of rotatable bonds is 6. The first kappa shape index (κ1) is 15.5. The minimum atomic E-state index is -0.176. The summed E-state index contributed by atoms with van der Waals surface area (Å²) in [7, 11) is 0. The fourth-order valence-electron chi connectivity index (χ4n) is 1.66. The lowest BCUT2D eigenvalue weighted by Crippen LogP contribution is -2.26. The number of carbonyl (C=O) groups is 1. The van der Waals surface area contributed by atoms with Crippen molar-refractivity contribution in [2.45, 2.75) is 17.6 Å². The van der Waals surface area contributed by atoms with Gasteiger partial charge in [-0.05, 0) is 35.9 Å². The Hall–Kier alpha value is -1.85. The van der Waals surface area contributed by atoms with Gasteiger partial charge in [-0.15, -0.1) is 11.8 Å². The van der Waals surface area contributed by atoms with Gasteiger partial charge in [0.2, 0.25) is 5.91 Å². The third-order valence-electron chi connectivity index (χ3n) is 3.05. The summed E-state index contributed by atoms with van der Waals surface area (Å²) >= 11 is 1.74. The van der Waals surface area contributed by atoms with Crippen LogP contribution in [-0.4, -0.2) is 17.4 Å². The number of benzene rings is 1. The molecule has 0 radical (unpaired) electrons. The molecule has 2 rings (SSSR count). The maximum absolute atomic E-state index is 11.7. The van der Waals surface area contributed by atoms with E-state index in [9.17, 15) is 4.79 Å². The van der Waals surface area contributed by atoms with E-state index in [0.717, 1.165) is 16.3 Å². The number of amides is 1. The van der Waals surface area contributed by atoms with Crippen LogP contribution < -0.4 is 11.1 Å². The largest absolute Gasteiger partial charge is 0.330 e. The van der Waals surface area contributed by atoms with Gasteiger partial charge in [0.25, 0.3) is 0 Å². The van der Waals surface area contributed by atoms with E-state index >= 15 is 0 Å². The molecule has 3 N–H and O–H groups in total. The highest BCUT2D eigenvalue weighted by atomic mass is 32.2. The smallest absolute Gasteiger partial charge is 0.228 e. The van der Waals surface area contributed by atoms with Crippen molar-refractivity contribution in [1.82, 2.24) is 4.98 Å². The van der Waals surface area contributed by atoms with Crippen molar-refractivity contribution in [1.29, 1.82) is 0 Å². The van der Waals surface area contributed by atoms with Crippen LogP contribution >= 0.6 is 11.8 Å². The molecule has 21 heavy (non-hydrogen) atoms. The second kappa shape index (κ2) is 7.81. The zero-order valence-corrected chi connectivity index (χ0v) is 12.8. The van der Waals surface area contributed by atoms with Gasteiger partial charge in [-0.3, -0.25) is 9.78 Å². The third-order valence-corrected chi connectivity index (χ3v) is 4.13. The predicted molar refractivity (Wildman–Crippen MR) is 87.1 cm³/mol. The van der Waals surface area contributed by atoms with Crippen molar-refractivity contribution in [3.05, 3.63) is 54.4 Å². The van der Waals surface area contributed by atoms with E-state index in [1.807, 2.05) is 43.5 Å². The Kier molecular flexibility index (Phi) is 5.78. The fourth-order valence-corrected chi connectivity index (χ4v) is 2.49. The molecule has 1 aromatic carbocycles. The van der Waals surface area contributed by atoms with Crippen molar-refractivity contribution < 1.29 is 4.79 Å². The van der Waals surface area contributed by atoms with Crippen LogP contribution in [0.15, 0.2) is 53.7 Å². The molecule has 0 bridgehead atoms. The first-order valence-corrected chi connectivity index (χ1v) is 7.80. The molecule has 0 aliphatic carbocycles. The van der Waals surface area contributed by atoms with Crippen LogP contribution in [0, 0.1) is 5.92 Å². The maximum atomic E-state index is 11.7. The molecule has 1 atom stereocenters. The Labute approximate surface area is 129 Å². The molecule has 0 saturated carbocycles. The van der Waals surface area contributed by atoms with Crippen LogP contribution in [-0.2, 0) is 10.5 Å². The molecular formula is C16H19N3OS. The molecule has 5 heteroatoms. The number of pyridine rings is 1. The number of carbonyl (C=O) groups excluding carboxylic acids is 1. The van der Waals surface area contributed by atoms with Gasteiger partial charge in [-0.2, -0.15) is 0 Å². The average molecular weight is 301 g/mol. The average Bonchev–Trinajstić information content (AvgIpc) is 2.54. The van der Waals surface area contributed by atoms with E-state index in [-0.39, 0.29) is 11.8 Å². The molecule has 0 saturated heterocycles. The number of hydrogen-bond donors (Lipinski definition) is 2. The van der Waals surface area contributed by atoms with Crippen molar-refractivity contribution in [2.24, 2.45) is 11.7 Å². The Bertz CT molecular complexity index is 572. The maximum Gasteiger partial charge on any atom is 0.228 e. The molecule has 1 aromatic heterocycles. The fraction of sp³-hybridized carbons (Fsp3) is 0.250. The number of nitrogens with zero attached hydrogens (tertiary/aromatic N) is 1. The van der Waals surface area contributed by atoms with Gasteiger partial charge in [-0.1, -0.05) is 13.0 Å². The zero-order valence-electron chi connectivity index (χ0n) is 12.0. The number of nitrogens with one attached hydrogen (secondary N) is 1. The summed E-state index contributed by atoms with van der Waals surface area (Å²) in [5.74, 6) is 0.655. The predicted octanol–water partition coefficient (Wildman–Crippen LogP) is 2.91. The van der Waals surface area contributed by atoms with E-state index in [4.69, 9.17) is 5.73 Å². The molecule has 1 unspecified atom stereocenters. The van der Waals surface area contributed by atoms with E-state index in [2.05, 4.69) is 16.4 Å². The molecule has 0 aliphatic heterocycles. The number of thioether (sulfide) groups is 1. The normalized spacial score (nSPS) is 11.9. The Morgan fingerprint density at radius 1 is 1.33 bits per heavy atom. The minimum Gasteiger partial charge on any atom is -0.330 e. The summed E-state index contributed by atoms with van der Waals surface area (Å²) in [5.41, 5.74) is 7.46. The van der Waals surface area contributed by atoms with Gasteiger partial charge in [0, 0.05) is 41.2 Å². The standard InChI is InChI=1S/C16H19N3OS/c1-12(9-17)16(20)19-14-4-6-15(7-5-14)21-11-13-3-2-8-18-10-13/h2-8,10,12H,9,11,17H2,1H3,(H,19,20). The van der Waals surface area contributed by atoms with E-state index in [1.54, 1.807) is 18.0 Å². The molecule has 2 aromatic rings. The van der Waals surface area contributed by atoms with Crippen molar-refractivity contribution in [3.8, 4) is 0 Å². The number of anilines is 1. The SMILES string of the molecule is CC(CN)C(=O)Nc1ccc(SCc2cccnc2)cc1. The molecule has 4 nitrogen and oxygen atoms in total. The van der Waals surface area contributed by atoms with Gasteiger partial charge >= 0.3 is 0 Å². The van der Waals surface area contributed by atoms with Crippen LogP contribution in [0.1, 0.15) is 12.5 Å². The van der Waals surface area contributed by atoms with Gasteiger partial charge in [0.1, 0.15) is 0 Å². The molecule has 1 heterocycles. The van der Waals surface area contributed by atoms with Gasteiger partial charge in [0.05, 0.1) is 0 Å². The summed E-state index contributed by atoms with van der Waals surface area (Å²) in [5, 5.41) is 2.86. The number of nitrogens with two attached hydrogens (primary N) is 1. The summed E-state index contributed by atoms with van der Waals surface area (Å²) in [6.07, 6.45) is 3.64. The van der Waals surface area contributed by atoms with E-state index in [0.29, 0.717) is 6.54 Å². The number of hydrogen-bond acceptors (Lipinski definition) is 4. The molecule has 1 amide bonds. The monoisotopic (exact) mass is 301 g/mol. The third kappa shape index (κ3) is 4.88. The molecule has 110 valence electrons. The van der Waals surface area contributed by atoms with Crippen LogP contribution in [0.4, 0.5) is 5.69 Å². The van der Waals surface area contributed by atoms with Gasteiger partial charge in [0.15, 0.2) is 0 Å². The van der Waals surface area contributed by atoms with Crippen molar-refractivity contribution in [2.75, 3.05) is 11.9 Å². The highest BCUT2D eigenvalue weighted by molar-refractivity contribution is 7.98. The first-order valence-electron chi connectivity index (χ1n) is 6.81. The van der Waals surface area contributed by atoms with Gasteiger partial charge in [-0.25, -0.2) is 0 Å². The molecule has 0 fully saturated rings. The van der Waals surface area contributed by atoms with Crippen LogP contribution in [0.3, 0.4) is 0 Å². The molecular weight excluding hydrogens is 282 g/mol. The van der Waals surface area contributed by atoms with Crippen molar-refractivity contribution >= 4 is 23.4 Å². The van der Waals surface area contributed by atoms with Gasteiger partial charge < -0.3 is 11.1 Å². The summed E-state index contributed by atoms with van der Waals surface area (Å²) < 4.78 is 0. The minimum absolute atomic E-state index is 0.0479. The Balaban J connectivity index is 1.88. The lowest BCUT2D eigenvalue weighted by molar-refractivity contribution is -0.119. The lowest BCUT2D eigenvalue weighted by atomic mass is 10.1. The highest BCUT2D eigenvalue weighted by Crippen LogP contribution is 2.24. The first-order chi connectivity index (χ1) is 10.2. The lowest BCUT2D eigenvalue weighted by Gasteiger charge is -2.10. The number of aromatic nitrogens is 1. The molecule has 0 spiro atoms. The second-order valence-electron chi connectivity index (χ2n) is 4.80. The highest BCUT2D eigenvalue weighted by Gasteiger charge is 2.10. The van der Waals surface area contributed by atoms with Crippen LogP contribution in [0.25, 0.3) is 0 Å². The quantitative estimate of drug-likeness (QED) is 0.805. The van der Waals surface area contributed by atoms with E-state index in [1.165, 1.54) is 5.56 Å². The summed E-state index contributed by atoms with van der Waals surface area (Å²) in [6.45, 7) is 2.17. The van der Waals surface area contributed by atoms with Crippen LogP contribution in [0.5, 0.6) is 0 Å². The second-order valence-corrected chi connectivity index (χ2v) is 5.85. The van der Waals surface area contributed by atoms with Crippen molar-refractivity contribution in [3.63, 3.8) is 0 Å². The summed E-state index contributed by atoms with van der Waals surface area (Å²) in [6, 6.07) is 11.8. The van der Waals surface area contributed by atoms with E-state index < -0.39 is 0 Å². The topological polar surface area (TPSA) is 68.0 Å². The Morgan fingerprint density at radius 3 is 2.71 bits per heavy atom. The molecule has 0 aliphatic rings.